The normalized spacial score (nSPS) is 26.0. The van der Waals surface area contributed by atoms with Crippen LogP contribution >= 0.6 is 0 Å². The van der Waals surface area contributed by atoms with E-state index in [1.807, 2.05) is 20.8 Å². The summed E-state index contributed by atoms with van der Waals surface area (Å²) in [5, 5.41) is 12.3. The van der Waals surface area contributed by atoms with Gasteiger partial charge < -0.3 is 10.2 Å². The predicted molar refractivity (Wildman–Crippen MR) is 91.9 cm³/mol. The smallest absolute Gasteiger partial charge is 0.235 e. The number of nitrogens with zero attached hydrogens (tertiary/aromatic N) is 3. The molecule has 0 aliphatic carbocycles. The minimum Gasteiger partial charge on any atom is -0.337 e. The lowest BCUT2D eigenvalue weighted by Crippen LogP contribution is -2.53. The van der Waals surface area contributed by atoms with E-state index < -0.39 is 5.54 Å². The largest absolute Gasteiger partial charge is 0.337 e. The number of amides is 1. The number of piperidine rings is 1. The Morgan fingerprint density at radius 3 is 2.57 bits per heavy atom. The van der Waals surface area contributed by atoms with Gasteiger partial charge in [-0.3, -0.25) is 9.69 Å². The number of carbonyl (C=O) groups is 1. The van der Waals surface area contributed by atoms with Crippen LogP contribution in [0, 0.1) is 17.2 Å². The van der Waals surface area contributed by atoms with Gasteiger partial charge >= 0.3 is 0 Å². The first kappa shape index (κ1) is 18.2. The summed E-state index contributed by atoms with van der Waals surface area (Å²) < 4.78 is 0. The Hall–Kier alpha value is -1.12. The molecule has 5 heteroatoms. The first-order chi connectivity index (χ1) is 10.9. The molecule has 2 aliphatic heterocycles. The Morgan fingerprint density at radius 1 is 1.26 bits per heavy atom. The Morgan fingerprint density at radius 2 is 1.96 bits per heavy atom. The van der Waals surface area contributed by atoms with Crippen LogP contribution in [0.2, 0.25) is 0 Å². The Labute approximate surface area is 141 Å². The molecule has 2 rings (SSSR count). The number of rotatable bonds is 6. The molecular formula is C18H32N4O. The Bertz CT molecular complexity index is 439. The van der Waals surface area contributed by atoms with Crippen molar-refractivity contribution in [2.75, 3.05) is 32.7 Å². The van der Waals surface area contributed by atoms with Crippen LogP contribution in [0.25, 0.3) is 0 Å². The van der Waals surface area contributed by atoms with Gasteiger partial charge in [0.15, 0.2) is 0 Å². The maximum absolute atomic E-state index is 12.4. The summed E-state index contributed by atoms with van der Waals surface area (Å²) in [5.74, 6) is 0.0764. The molecule has 5 nitrogen and oxygen atoms in total. The van der Waals surface area contributed by atoms with Crippen LogP contribution < -0.4 is 5.32 Å². The minimum absolute atomic E-state index is 0.0201. The zero-order valence-electron chi connectivity index (χ0n) is 15.0. The molecule has 0 spiro atoms. The van der Waals surface area contributed by atoms with Crippen LogP contribution in [-0.2, 0) is 4.79 Å². The monoisotopic (exact) mass is 320 g/mol. The molecule has 2 fully saturated rings. The van der Waals surface area contributed by atoms with Gasteiger partial charge in [0.2, 0.25) is 5.91 Å². The molecule has 0 aromatic heterocycles. The second-order valence-corrected chi connectivity index (χ2v) is 7.64. The standard InChI is InChI=1S/C18H32N4O/c1-15(2)18(3,14-19)20-17(23)13-22-11-7-8-16(22)12-21-9-5-4-6-10-21/h15-16H,4-13H2,1-3H3,(H,20,23)/t16-,18-/m1/s1. The third-order valence-electron chi connectivity index (χ3n) is 5.55. The number of hydrogen-bond acceptors (Lipinski definition) is 4. The number of nitrogens with one attached hydrogen (secondary N) is 1. The van der Waals surface area contributed by atoms with E-state index >= 15 is 0 Å². The van der Waals surface area contributed by atoms with Crippen LogP contribution in [0.4, 0.5) is 0 Å². The maximum atomic E-state index is 12.4. The highest BCUT2D eigenvalue weighted by Crippen LogP contribution is 2.20. The molecule has 0 bridgehead atoms. The fourth-order valence-corrected chi connectivity index (χ4v) is 3.57. The van der Waals surface area contributed by atoms with Gasteiger partial charge in [-0.1, -0.05) is 20.3 Å². The first-order valence-electron chi connectivity index (χ1n) is 9.13. The van der Waals surface area contributed by atoms with Crippen molar-refractivity contribution in [2.45, 2.75) is 64.5 Å². The third kappa shape index (κ3) is 4.92. The average Bonchev–Trinajstić information content (AvgIpc) is 2.94. The SMILES string of the molecule is CC(C)[C@@](C)(C#N)NC(=O)CN1CCC[C@@H]1CN1CCCCC1. The molecule has 0 saturated carbocycles. The van der Waals surface area contributed by atoms with Gasteiger partial charge in [0.05, 0.1) is 12.6 Å². The molecule has 0 radical (unpaired) electrons. The number of likely N-dealkylation sites (tertiary alicyclic amines) is 2. The fourth-order valence-electron chi connectivity index (χ4n) is 3.57. The first-order valence-corrected chi connectivity index (χ1v) is 9.13. The number of carbonyl (C=O) groups excluding carboxylic acids is 1. The topological polar surface area (TPSA) is 59.4 Å². The van der Waals surface area contributed by atoms with Crippen molar-refractivity contribution in [1.29, 1.82) is 5.26 Å². The van der Waals surface area contributed by atoms with Gasteiger partial charge in [0.1, 0.15) is 5.54 Å². The second kappa shape index (κ2) is 8.12. The van der Waals surface area contributed by atoms with Crippen LogP contribution in [0.3, 0.4) is 0 Å². The molecule has 130 valence electrons. The van der Waals surface area contributed by atoms with E-state index in [-0.39, 0.29) is 11.8 Å². The average molecular weight is 320 g/mol. The van der Waals surface area contributed by atoms with Crippen LogP contribution in [-0.4, -0.2) is 60.0 Å². The van der Waals surface area contributed by atoms with Crippen molar-refractivity contribution >= 4 is 5.91 Å². The molecule has 23 heavy (non-hydrogen) atoms. The van der Waals surface area contributed by atoms with E-state index in [9.17, 15) is 10.1 Å². The zero-order chi connectivity index (χ0) is 16.9. The summed E-state index contributed by atoms with van der Waals surface area (Å²) in [7, 11) is 0. The van der Waals surface area contributed by atoms with Gasteiger partial charge in [-0.15, -0.1) is 0 Å². The van der Waals surface area contributed by atoms with E-state index in [0.29, 0.717) is 12.6 Å². The molecule has 1 N–H and O–H groups in total. The highest BCUT2D eigenvalue weighted by molar-refractivity contribution is 5.79. The van der Waals surface area contributed by atoms with Crippen LogP contribution in [0.5, 0.6) is 0 Å². The Balaban J connectivity index is 1.85. The van der Waals surface area contributed by atoms with Crippen molar-refractivity contribution in [3.63, 3.8) is 0 Å². The summed E-state index contributed by atoms with van der Waals surface area (Å²) in [6, 6.07) is 2.74. The van der Waals surface area contributed by atoms with Crippen LogP contribution in [0.1, 0.15) is 52.9 Å². The third-order valence-corrected chi connectivity index (χ3v) is 5.55. The lowest BCUT2D eigenvalue weighted by molar-refractivity contribution is -0.124. The van der Waals surface area contributed by atoms with Gasteiger partial charge in [0.25, 0.3) is 0 Å². The summed E-state index contributed by atoms with van der Waals surface area (Å²) in [6.07, 6.45) is 6.33. The highest BCUT2D eigenvalue weighted by atomic mass is 16.2. The molecular weight excluding hydrogens is 288 g/mol. The van der Waals surface area contributed by atoms with Gasteiger partial charge in [-0.25, -0.2) is 0 Å². The summed E-state index contributed by atoms with van der Waals surface area (Å²) in [4.78, 5) is 17.3. The molecule has 2 atom stereocenters. The zero-order valence-corrected chi connectivity index (χ0v) is 15.0. The summed E-state index contributed by atoms with van der Waals surface area (Å²) >= 11 is 0. The number of nitriles is 1. The molecule has 0 aromatic rings. The molecule has 0 aromatic carbocycles. The van der Waals surface area contributed by atoms with Crippen LogP contribution in [0.15, 0.2) is 0 Å². The molecule has 2 heterocycles. The lowest BCUT2D eigenvalue weighted by Gasteiger charge is -2.33. The predicted octanol–water partition coefficient (Wildman–Crippen LogP) is 1.99. The van der Waals surface area contributed by atoms with Crippen molar-refractivity contribution < 1.29 is 4.79 Å². The molecule has 2 saturated heterocycles. The fraction of sp³-hybridized carbons (Fsp3) is 0.889. The molecule has 2 aliphatic rings. The van der Waals surface area contributed by atoms with E-state index in [0.717, 1.165) is 13.1 Å². The molecule has 1 amide bonds. The van der Waals surface area contributed by atoms with E-state index in [2.05, 4.69) is 21.2 Å². The number of hydrogen-bond donors (Lipinski definition) is 1. The van der Waals surface area contributed by atoms with E-state index in [4.69, 9.17) is 0 Å². The summed E-state index contributed by atoms with van der Waals surface area (Å²) in [6.45, 7) is 10.7. The quantitative estimate of drug-likeness (QED) is 0.813. The Kier molecular flexibility index (Phi) is 6.43. The highest BCUT2D eigenvalue weighted by Gasteiger charge is 2.33. The van der Waals surface area contributed by atoms with Gasteiger partial charge in [-0.2, -0.15) is 5.26 Å². The van der Waals surface area contributed by atoms with Crippen molar-refractivity contribution in [3.05, 3.63) is 0 Å². The van der Waals surface area contributed by atoms with E-state index in [1.54, 1.807) is 0 Å². The minimum atomic E-state index is -0.779. The van der Waals surface area contributed by atoms with Crippen molar-refractivity contribution in [3.8, 4) is 6.07 Å². The lowest BCUT2D eigenvalue weighted by atomic mass is 9.90. The molecule has 0 unspecified atom stereocenters. The van der Waals surface area contributed by atoms with Gasteiger partial charge in [-0.05, 0) is 58.2 Å². The van der Waals surface area contributed by atoms with Gasteiger partial charge in [0, 0.05) is 12.6 Å². The van der Waals surface area contributed by atoms with E-state index in [1.165, 1.54) is 45.2 Å². The second-order valence-electron chi connectivity index (χ2n) is 7.64. The van der Waals surface area contributed by atoms with Crippen molar-refractivity contribution in [1.82, 2.24) is 15.1 Å². The van der Waals surface area contributed by atoms with Crippen molar-refractivity contribution in [2.24, 2.45) is 5.92 Å². The summed E-state index contributed by atoms with van der Waals surface area (Å²) in [5.41, 5.74) is -0.779. The maximum Gasteiger partial charge on any atom is 0.235 e.